The number of pyridine rings is 1. The molecule has 2 fully saturated rings. The molecule has 5 rings (SSSR count). The number of anilines is 1. The molecule has 0 unspecified atom stereocenters. The third kappa shape index (κ3) is 2.71. The first-order valence-electron chi connectivity index (χ1n) is 8.96. The van der Waals surface area contributed by atoms with Gasteiger partial charge >= 0.3 is 0 Å². The maximum absolute atomic E-state index is 12.9. The second kappa shape index (κ2) is 6.05. The molecule has 5 nitrogen and oxygen atoms in total. The largest absolute Gasteiger partial charge is 0.380 e. The molecule has 6 heteroatoms. The Hall–Kier alpha value is -1.95. The van der Waals surface area contributed by atoms with E-state index in [1.807, 2.05) is 23.2 Å². The van der Waals surface area contributed by atoms with Gasteiger partial charge in [-0.25, -0.2) is 0 Å². The Labute approximate surface area is 157 Å². The number of ether oxygens (including phenoxy) is 1. The number of amides is 1. The van der Waals surface area contributed by atoms with Crippen LogP contribution in [-0.2, 0) is 17.7 Å². The third-order valence-electron chi connectivity index (χ3n) is 5.58. The molecule has 1 aromatic heterocycles. The predicted molar refractivity (Wildman–Crippen MR) is 99.6 cm³/mol. The lowest BCUT2D eigenvalue weighted by Crippen LogP contribution is -2.65. The molecule has 0 aliphatic carbocycles. The fourth-order valence-electron chi connectivity index (χ4n) is 4.26. The molecule has 2 aromatic rings. The molecule has 0 radical (unpaired) electrons. The van der Waals surface area contributed by atoms with Gasteiger partial charge in [-0.1, -0.05) is 11.6 Å². The van der Waals surface area contributed by atoms with Crippen LogP contribution < -0.4 is 4.90 Å². The van der Waals surface area contributed by atoms with E-state index in [1.54, 1.807) is 12.3 Å². The number of likely N-dealkylation sites (tertiary alicyclic amines) is 1. The second-order valence-corrected chi connectivity index (χ2v) is 8.13. The van der Waals surface area contributed by atoms with Crippen molar-refractivity contribution in [3.8, 4) is 0 Å². The average Bonchev–Trinajstić information content (AvgIpc) is 2.56. The van der Waals surface area contributed by atoms with Crippen LogP contribution in [0.3, 0.4) is 0 Å². The van der Waals surface area contributed by atoms with E-state index in [1.165, 1.54) is 0 Å². The van der Waals surface area contributed by atoms with E-state index in [4.69, 9.17) is 16.3 Å². The number of aromatic nitrogens is 1. The van der Waals surface area contributed by atoms with E-state index in [2.05, 4.69) is 16.0 Å². The summed E-state index contributed by atoms with van der Waals surface area (Å²) in [6.45, 7) is 5.50. The van der Waals surface area contributed by atoms with Crippen molar-refractivity contribution in [2.24, 2.45) is 5.41 Å². The van der Waals surface area contributed by atoms with Gasteiger partial charge in [-0.05, 0) is 41.8 Å². The number of halogens is 1. The van der Waals surface area contributed by atoms with E-state index < -0.39 is 0 Å². The van der Waals surface area contributed by atoms with Crippen molar-refractivity contribution in [2.75, 3.05) is 37.7 Å². The highest BCUT2D eigenvalue weighted by Gasteiger charge is 2.48. The first kappa shape index (κ1) is 16.2. The van der Waals surface area contributed by atoms with Crippen LogP contribution in [0.4, 0.5) is 5.69 Å². The van der Waals surface area contributed by atoms with Crippen LogP contribution in [0, 0.1) is 5.41 Å². The number of benzene rings is 1. The van der Waals surface area contributed by atoms with Crippen LogP contribution >= 0.6 is 11.6 Å². The zero-order valence-electron chi connectivity index (χ0n) is 14.4. The molecule has 0 atom stereocenters. The summed E-state index contributed by atoms with van der Waals surface area (Å²) < 4.78 is 5.33. The summed E-state index contributed by atoms with van der Waals surface area (Å²) in [4.78, 5) is 21.5. The summed E-state index contributed by atoms with van der Waals surface area (Å²) in [6.07, 6.45) is 4.48. The van der Waals surface area contributed by atoms with Gasteiger partial charge in [-0.3, -0.25) is 14.7 Å². The normalized spacial score (nSPS) is 21.3. The quantitative estimate of drug-likeness (QED) is 0.834. The number of hydrogen-bond acceptors (Lipinski definition) is 4. The van der Waals surface area contributed by atoms with Crippen molar-refractivity contribution >= 4 is 23.2 Å². The topological polar surface area (TPSA) is 45.7 Å². The number of nitrogens with zero attached hydrogens (tertiary/aromatic N) is 3. The molecular formula is C20H20ClN3O2. The maximum Gasteiger partial charge on any atom is 0.258 e. The minimum absolute atomic E-state index is 0.0244. The van der Waals surface area contributed by atoms with Crippen molar-refractivity contribution in [2.45, 2.75) is 13.0 Å². The van der Waals surface area contributed by atoms with E-state index in [0.717, 1.165) is 61.6 Å². The van der Waals surface area contributed by atoms with E-state index in [9.17, 15) is 4.79 Å². The molecule has 0 saturated carbocycles. The number of carbonyl (C=O) groups is 1. The Morgan fingerprint density at radius 2 is 2.04 bits per heavy atom. The van der Waals surface area contributed by atoms with Gasteiger partial charge in [0.15, 0.2) is 0 Å². The molecule has 2 saturated heterocycles. The van der Waals surface area contributed by atoms with Crippen LogP contribution in [0.2, 0.25) is 5.02 Å². The second-order valence-electron chi connectivity index (χ2n) is 7.70. The van der Waals surface area contributed by atoms with Gasteiger partial charge in [0.05, 0.1) is 25.1 Å². The molecule has 3 aliphatic heterocycles. The fraction of sp³-hybridized carbons (Fsp3) is 0.400. The van der Waals surface area contributed by atoms with Crippen molar-refractivity contribution in [3.63, 3.8) is 0 Å². The first-order chi connectivity index (χ1) is 12.6. The van der Waals surface area contributed by atoms with Crippen molar-refractivity contribution < 1.29 is 9.53 Å². The maximum atomic E-state index is 12.9. The van der Waals surface area contributed by atoms with Crippen molar-refractivity contribution in [1.82, 2.24) is 9.88 Å². The summed E-state index contributed by atoms with van der Waals surface area (Å²) in [5.74, 6) is 0.0244. The van der Waals surface area contributed by atoms with Gasteiger partial charge in [0.1, 0.15) is 0 Å². The summed E-state index contributed by atoms with van der Waals surface area (Å²) in [7, 11) is 0. The minimum Gasteiger partial charge on any atom is -0.380 e. The van der Waals surface area contributed by atoms with Crippen LogP contribution in [0.25, 0.3) is 0 Å². The Bertz CT molecular complexity index is 873. The van der Waals surface area contributed by atoms with Crippen molar-refractivity contribution in [1.29, 1.82) is 0 Å². The predicted octanol–water partition coefficient (Wildman–Crippen LogP) is 2.77. The molecule has 26 heavy (non-hydrogen) atoms. The lowest BCUT2D eigenvalue weighted by molar-refractivity contribution is -0.191. The first-order valence-corrected chi connectivity index (χ1v) is 9.34. The molecule has 0 N–H and O–H groups in total. The highest BCUT2D eigenvalue weighted by atomic mass is 35.5. The van der Waals surface area contributed by atoms with E-state index >= 15 is 0 Å². The Kier molecular flexibility index (Phi) is 3.78. The van der Waals surface area contributed by atoms with E-state index in [0.29, 0.717) is 17.0 Å². The number of hydrogen-bond donors (Lipinski definition) is 0. The minimum atomic E-state index is 0.0244. The smallest absolute Gasteiger partial charge is 0.258 e. The van der Waals surface area contributed by atoms with Gasteiger partial charge in [0.25, 0.3) is 5.91 Å². The van der Waals surface area contributed by atoms with Gasteiger partial charge in [-0.15, -0.1) is 0 Å². The van der Waals surface area contributed by atoms with Crippen LogP contribution in [-0.4, -0.2) is 48.6 Å². The van der Waals surface area contributed by atoms with E-state index in [-0.39, 0.29) is 5.91 Å². The zero-order chi connectivity index (χ0) is 17.7. The lowest BCUT2D eigenvalue weighted by Gasteiger charge is -2.55. The third-order valence-corrected chi connectivity index (χ3v) is 5.82. The number of rotatable bonds is 3. The van der Waals surface area contributed by atoms with Crippen LogP contribution in [0.5, 0.6) is 0 Å². The Morgan fingerprint density at radius 3 is 2.81 bits per heavy atom. The molecule has 134 valence electrons. The van der Waals surface area contributed by atoms with Gasteiger partial charge < -0.3 is 9.64 Å². The SMILES string of the molecule is O=C1c2ccc(Cl)cc2CCN1c1cncc(CN2CC3(COC3)C2)c1. The molecule has 0 bridgehead atoms. The molecule has 3 aliphatic rings. The Balaban J connectivity index is 1.32. The van der Waals surface area contributed by atoms with Crippen molar-refractivity contribution in [3.05, 3.63) is 58.4 Å². The number of carbonyl (C=O) groups excluding carboxylic acids is 1. The van der Waals surface area contributed by atoms with Crippen LogP contribution in [0.1, 0.15) is 21.5 Å². The summed E-state index contributed by atoms with van der Waals surface area (Å²) in [5.41, 5.74) is 4.19. The van der Waals surface area contributed by atoms with Gasteiger partial charge in [-0.2, -0.15) is 0 Å². The van der Waals surface area contributed by atoms with Gasteiger partial charge in [0.2, 0.25) is 0 Å². The summed E-state index contributed by atoms with van der Waals surface area (Å²) in [6, 6.07) is 7.59. The number of fused-ring (bicyclic) bond motifs is 1. The molecular weight excluding hydrogens is 350 g/mol. The fourth-order valence-corrected chi connectivity index (χ4v) is 4.45. The lowest BCUT2D eigenvalue weighted by atomic mass is 9.78. The molecule has 4 heterocycles. The summed E-state index contributed by atoms with van der Waals surface area (Å²) in [5, 5.41) is 0.679. The highest BCUT2D eigenvalue weighted by molar-refractivity contribution is 6.30. The molecule has 1 amide bonds. The zero-order valence-corrected chi connectivity index (χ0v) is 15.2. The average molecular weight is 370 g/mol. The Morgan fingerprint density at radius 1 is 1.19 bits per heavy atom. The van der Waals surface area contributed by atoms with Crippen LogP contribution in [0.15, 0.2) is 36.7 Å². The summed E-state index contributed by atoms with van der Waals surface area (Å²) >= 11 is 6.05. The van der Waals surface area contributed by atoms with Gasteiger partial charge in [0, 0.05) is 48.4 Å². The standard InChI is InChI=1S/C20H20ClN3O2/c21-16-1-2-18-15(6-16)3-4-24(19(18)25)17-5-14(7-22-8-17)9-23-10-20(11-23)12-26-13-20/h1-2,5-8H,3-4,9-13H2. The molecule has 1 spiro atoms. The monoisotopic (exact) mass is 369 g/mol. The molecule has 1 aromatic carbocycles. The highest BCUT2D eigenvalue weighted by Crippen LogP contribution is 2.38.